The van der Waals surface area contributed by atoms with Crippen LogP contribution in [0.1, 0.15) is 29.2 Å². The second-order valence-electron chi connectivity index (χ2n) is 4.51. The molecule has 3 nitrogen and oxygen atoms in total. The number of rotatable bonds is 0. The van der Waals surface area contributed by atoms with E-state index in [0.29, 0.717) is 18.1 Å². The lowest BCUT2D eigenvalue weighted by Gasteiger charge is -2.12. The highest BCUT2D eigenvalue weighted by Gasteiger charge is 2.41. The van der Waals surface area contributed by atoms with Crippen LogP contribution in [0.3, 0.4) is 0 Å². The maximum atomic E-state index is 11.3. The van der Waals surface area contributed by atoms with E-state index in [-0.39, 0.29) is 11.9 Å². The van der Waals surface area contributed by atoms with Gasteiger partial charge >= 0.3 is 0 Å². The van der Waals surface area contributed by atoms with Gasteiger partial charge in [0.05, 0.1) is 6.04 Å². The molecule has 15 heavy (non-hydrogen) atoms. The SMILES string of the molecule is Cc1ccc(O)c2c1CC1CC(=O)NC21. The Kier molecular flexibility index (Phi) is 1.61. The first-order chi connectivity index (χ1) is 7.16. The van der Waals surface area contributed by atoms with Crippen LogP contribution >= 0.6 is 0 Å². The molecule has 0 radical (unpaired) electrons. The van der Waals surface area contributed by atoms with Crippen LogP contribution < -0.4 is 5.32 Å². The molecule has 1 saturated heterocycles. The van der Waals surface area contributed by atoms with Crippen molar-refractivity contribution in [2.75, 3.05) is 0 Å². The van der Waals surface area contributed by atoms with Crippen molar-refractivity contribution in [3.8, 4) is 5.75 Å². The van der Waals surface area contributed by atoms with Gasteiger partial charge in [0, 0.05) is 12.0 Å². The summed E-state index contributed by atoms with van der Waals surface area (Å²) in [4.78, 5) is 11.3. The van der Waals surface area contributed by atoms with Crippen molar-refractivity contribution < 1.29 is 9.90 Å². The summed E-state index contributed by atoms with van der Waals surface area (Å²) in [7, 11) is 0. The van der Waals surface area contributed by atoms with Gasteiger partial charge in [0.25, 0.3) is 0 Å². The number of fused-ring (bicyclic) bond motifs is 3. The third kappa shape index (κ3) is 1.09. The van der Waals surface area contributed by atoms with Crippen molar-refractivity contribution in [2.45, 2.75) is 25.8 Å². The molecule has 1 heterocycles. The van der Waals surface area contributed by atoms with Gasteiger partial charge in [-0.15, -0.1) is 0 Å². The van der Waals surface area contributed by atoms with Gasteiger partial charge in [-0.1, -0.05) is 6.07 Å². The lowest BCUT2D eigenvalue weighted by Crippen LogP contribution is -2.18. The van der Waals surface area contributed by atoms with Crippen LogP contribution in [0.15, 0.2) is 12.1 Å². The highest BCUT2D eigenvalue weighted by atomic mass is 16.3. The minimum atomic E-state index is 0.0485. The Hall–Kier alpha value is -1.51. The van der Waals surface area contributed by atoms with Crippen molar-refractivity contribution >= 4 is 5.91 Å². The molecule has 2 aliphatic rings. The molecular weight excluding hydrogens is 190 g/mol. The molecular formula is C12H13NO2. The number of amides is 1. The average molecular weight is 203 g/mol. The van der Waals surface area contributed by atoms with E-state index in [0.717, 1.165) is 12.0 Å². The fourth-order valence-electron chi connectivity index (χ4n) is 2.85. The van der Waals surface area contributed by atoms with Crippen LogP contribution in [0.25, 0.3) is 0 Å². The van der Waals surface area contributed by atoms with Crippen LogP contribution in [-0.4, -0.2) is 11.0 Å². The predicted octanol–water partition coefficient (Wildman–Crippen LogP) is 1.43. The summed E-state index contributed by atoms with van der Waals surface area (Å²) in [6, 6.07) is 3.71. The number of carbonyl (C=O) groups excluding carboxylic acids is 1. The second kappa shape index (κ2) is 2.75. The van der Waals surface area contributed by atoms with Crippen molar-refractivity contribution in [1.29, 1.82) is 0 Å². The van der Waals surface area contributed by atoms with Gasteiger partial charge in [0.15, 0.2) is 0 Å². The molecule has 2 unspecified atom stereocenters. The summed E-state index contributed by atoms with van der Waals surface area (Å²) in [5.74, 6) is 0.779. The Labute approximate surface area is 88.1 Å². The van der Waals surface area contributed by atoms with E-state index in [1.165, 1.54) is 11.1 Å². The molecule has 0 aromatic heterocycles. The Morgan fingerprint density at radius 1 is 1.40 bits per heavy atom. The Morgan fingerprint density at radius 2 is 2.20 bits per heavy atom. The quantitative estimate of drug-likeness (QED) is 0.670. The second-order valence-corrected chi connectivity index (χ2v) is 4.51. The molecule has 2 N–H and O–H groups in total. The summed E-state index contributed by atoms with van der Waals surface area (Å²) in [6.07, 6.45) is 1.51. The summed E-state index contributed by atoms with van der Waals surface area (Å²) in [6.45, 7) is 2.06. The molecule has 3 rings (SSSR count). The molecule has 1 aliphatic carbocycles. The summed E-state index contributed by atoms with van der Waals surface area (Å²) < 4.78 is 0. The zero-order valence-electron chi connectivity index (χ0n) is 8.58. The molecule has 1 aliphatic heterocycles. The minimum Gasteiger partial charge on any atom is -0.508 e. The first-order valence-corrected chi connectivity index (χ1v) is 5.27. The van der Waals surface area contributed by atoms with Gasteiger partial charge in [-0.2, -0.15) is 0 Å². The molecule has 0 saturated carbocycles. The fraction of sp³-hybridized carbons (Fsp3) is 0.417. The molecule has 2 atom stereocenters. The van der Waals surface area contributed by atoms with E-state index in [9.17, 15) is 9.90 Å². The van der Waals surface area contributed by atoms with E-state index in [4.69, 9.17) is 0 Å². The summed E-state index contributed by atoms with van der Waals surface area (Å²) >= 11 is 0. The van der Waals surface area contributed by atoms with Gasteiger partial charge in [0.2, 0.25) is 5.91 Å². The minimum absolute atomic E-state index is 0.0485. The molecule has 3 heteroatoms. The summed E-state index contributed by atoms with van der Waals surface area (Å²) in [5.41, 5.74) is 3.39. The molecule has 78 valence electrons. The van der Waals surface area contributed by atoms with Crippen LogP contribution in [0, 0.1) is 12.8 Å². The predicted molar refractivity (Wildman–Crippen MR) is 55.5 cm³/mol. The largest absolute Gasteiger partial charge is 0.508 e. The number of phenolic OH excluding ortho intramolecular Hbond substituents is 1. The summed E-state index contributed by atoms with van der Waals surface area (Å²) in [5, 5.41) is 12.8. The van der Waals surface area contributed by atoms with Crippen LogP contribution in [-0.2, 0) is 11.2 Å². The zero-order valence-corrected chi connectivity index (χ0v) is 8.58. The highest BCUT2D eigenvalue weighted by Crippen LogP contribution is 2.46. The smallest absolute Gasteiger partial charge is 0.220 e. The van der Waals surface area contributed by atoms with E-state index >= 15 is 0 Å². The number of phenols is 1. The maximum absolute atomic E-state index is 11.3. The number of hydrogen-bond donors (Lipinski definition) is 2. The topological polar surface area (TPSA) is 49.3 Å². The van der Waals surface area contributed by atoms with Gasteiger partial charge in [0.1, 0.15) is 5.75 Å². The monoisotopic (exact) mass is 203 g/mol. The first kappa shape index (κ1) is 8.77. The van der Waals surface area contributed by atoms with Crippen molar-refractivity contribution in [3.63, 3.8) is 0 Å². The molecule has 1 amide bonds. The lowest BCUT2D eigenvalue weighted by molar-refractivity contribution is -0.119. The van der Waals surface area contributed by atoms with Gasteiger partial charge in [-0.3, -0.25) is 4.79 Å². The number of benzene rings is 1. The third-order valence-corrected chi connectivity index (χ3v) is 3.58. The zero-order chi connectivity index (χ0) is 10.6. The lowest BCUT2D eigenvalue weighted by atomic mass is 10.0. The molecule has 1 aromatic rings. The van der Waals surface area contributed by atoms with Crippen LogP contribution in [0.4, 0.5) is 0 Å². The van der Waals surface area contributed by atoms with Crippen molar-refractivity contribution in [1.82, 2.24) is 5.32 Å². The number of carbonyl (C=O) groups is 1. The molecule has 0 spiro atoms. The normalized spacial score (nSPS) is 27.4. The van der Waals surface area contributed by atoms with E-state index in [1.807, 2.05) is 6.07 Å². The highest BCUT2D eigenvalue weighted by molar-refractivity contribution is 5.80. The van der Waals surface area contributed by atoms with E-state index < -0.39 is 0 Å². The standard InChI is InChI=1S/C12H13NO2/c1-6-2-3-9(14)11-8(6)4-7-5-10(15)13-12(7)11/h2-3,7,12,14H,4-5H2,1H3,(H,13,15). The fourth-order valence-corrected chi connectivity index (χ4v) is 2.85. The number of hydrogen-bond acceptors (Lipinski definition) is 2. The number of aryl methyl sites for hydroxylation is 1. The van der Waals surface area contributed by atoms with E-state index in [1.54, 1.807) is 6.07 Å². The Morgan fingerprint density at radius 3 is 3.00 bits per heavy atom. The molecule has 1 fully saturated rings. The van der Waals surface area contributed by atoms with E-state index in [2.05, 4.69) is 12.2 Å². The maximum Gasteiger partial charge on any atom is 0.220 e. The van der Waals surface area contributed by atoms with Crippen molar-refractivity contribution in [3.05, 3.63) is 28.8 Å². The first-order valence-electron chi connectivity index (χ1n) is 5.27. The van der Waals surface area contributed by atoms with Gasteiger partial charge in [-0.25, -0.2) is 0 Å². The Bertz CT molecular complexity index is 453. The van der Waals surface area contributed by atoms with Crippen LogP contribution in [0.5, 0.6) is 5.75 Å². The average Bonchev–Trinajstić information content (AvgIpc) is 2.67. The van der Waals surface area contributed by atoms with Crippen molar-refractivity contribution in [2.24, 2.45) is 5.92 Å². The number of nitrogens with one attached hydrogen (secondary N) is 1. The van der Waals surface area contributed by atoms with Gasteiger partial charge < -0.3 is 10.4 Å². The Balaban J connectivity index is 2.15. The number of aromatic hydroxyl groups is 1. The molecule has 1 aromatic carbocycles. The third-order valence-electron chi connectivity index (χ3n) is 3.58. The van der Waals surface area contributed by atoms with Gasteiger partial charge in [-0.05, 0) is 36.5 Å². The molecule has 0 bridgehead atoms. The van der Waals surface area contributed by atoms with Crippen LogP contribution in [0.2, 0.25) is 0 Å².